The third kappa shape index (κ3) is 3.61. The average Bonchev–Trinajstić information content (AvgIpc) is 3.09. The van der Waals surface area contributed by atoms with Crippen LogP contribution in [0.5, 0.6) is 0 Å². The first-order chi connectivity index (χ1) is 13.0. The van der Waals surface area contributed by atoms with E-state index in [-0.39, 0.29) is 17.9 Å². The summed E-state index contributed by atoms with van der Waals surface area (Å²) in [5.41, 5.74) is 1.87. The lowest BCUT2D eigenvalue weighted by Gasteiger charge is -2.36. The van der Waals surface area contributed by atoms with E-state index in [2.05, 4.69) is 20.2 Å². The van der Waals surface area contributed by atoms with Crippen molar-refractivity contribution in [1.82, 2.24) is 25.1 Å². The van der Waals surface area contributed by atoms with Crippen LogP contribution in [-0.4, -0.2) is 57.2 Å². The maximum absolute atomic E-state index is 13.0. The van der Waals surface area contributed by atoms with E-state index in [1.54, 1.807) is 7.11 Å². The summed E-state index contributed by atoms with van der Waals surface area (Å²) >= 11 is 0. The van der Waals surface area contributed by atoms with Crippen LogP contribution in [0.15, 0.2) is 9.05 Å². The van der Waals surface area contributed by atoms with Crippen LogP contribution >= 0.6 is 0 Å². The largest absolute Gasteiger partial charge is 0.377 e. The number of aryl methyl sites for hydroxylation is 2. The highest BCUT2D eigenvalue weighted by Crippen LogP contribution is 2.31. The summed E-state index contributed by atoms with van der Waals surface area (Å²) in [6.07, 6.45) is 1.94. The predicted octanol–water partition coefficient (Wildman–Crippen LogP) is 1.44. The molecule has 146 valence electrons. The third-order valence-electron chi connectivity index (χ3n) is 5.52. The van der Waals surface area contributed by atoms with E-state index >= 15 is 0 Å². The Labute approximate surface area is 157 Å². The SMILES string of the molecule is COCc1noc(CN2C[C@H]3CC[C@@H](C2)N(Cc2c(C)noc2C)C3=O)n1. The highest BCUT2D eigenvalue weighted by molar-refractivity contribution is 5.80. The van der Waals surface area contributed by atoms with Crippen molar-refractivity contribution in [3.63, 3.8) is 0 Å². The average molecular weight is 375 g/mol. The van der Waals surface area contributed by atoms with E-state index in [0.717, 1.165) is 42.9 Å². The minimum Gasteiger partial charge on any atom is -0.377 e. The van der Waals surface area contributed by atoms with Gasteiger partial charge in [0, 0.05) is 31.8 Å². The summed E-state index contributed by atoms with van der Waals surface area (Å²) in [6.45, 7) is 6.78. The maximum atomic E-state index is 13.0. The molecule has 3 fully saturated rings. The molecule has 5 rings (SSSR count). The lowest BCUT2D eigenvalue weighted by atomic mass is 9.93. The molecule has 3 saturated heterocycles. The second-order valence-electron chi connectivity index (χ2n) is 7.43. The first-order valence-corrected chi connectivity index (χ1v) is 9.30. The van der Waals surface area contributed by atoms with E-state index in [1.165, 1.54) is 0 Å². The molecule has 2 atom stereocenters. The van der Waals surface area contributed by atoms with Crippen molar-refractivity contribution >= 4 is 5.91 Å². The molecule has 3 aliphatic rings. The summed E-state index contributed by atoms with van der Waals surface area (Å²) in [4.78, 5) is 21.6. The molecule has 0 saturated carbocycles. The molecule has 9 nitrogen and oxygen atoms in total. The molecular formula is C18H25N5O4. The number of amides is 1. The summed E-state index contributed by atoms with van der Waals surface area (Å²) in [6, 6.07) is 0.173. The van der Waals surface area contributed by atoms with Gasteiger partial charge in [0.15, 0.2) is 5.82 Å². The van der Waals surface area contributed by atoms with Gasteiger partial charge in [-0.2, -0.15) is 4.98 Å². The number of aromatic nitrogens is 3. The molecule has 9 heteroatoms. The van der Waals surface area contributed by atoms with Crippen LogP contribution in [-0.2, 0) is 29.2 Å². The van der Waals surface area contributed by atoms with E-state index in [9.17, 15) is 4.79 Å². The van der Waals surface area contributed by atoms with Gasteiger partial charge in [-0.05, 0) is 26.7 Å². The number of methoxy groups -OCH3 is 1. The molecule has 0 unspecified atom stereocenters. The second kappa shape index (κ2) is 7.40. The lowest BCUT2D eigenvalue weighted by molar-refractivity contribution is -0.140. The van der Waals surface area contributed by atoms with Gasteiger partial charge in [-0.1, -0.05) is 10.3 Å². The topological polar surface area (TPSA) is 97.7 Å². The van der Waals surface area contributed by atoms with Crippen molar-refractivity contribution < 1.29 is 18.6 Å². The number of fused-ring (bicyclic) bond motifs is 4. The molecule has 5 heterocycles. The molecule has 27 heavy (non-hydrogen) atoms. The highest BCUT2D eigenvalue weighted by Gasteiger charge is 2.41. The number of nitrogens with zero attached hydrogens (tertiary/aromatic N) is 5. The van der Waals surface area contributed by atoms with Gasteiger partial charge >= 0.3 is 0 Å². The fourth-order valence-corrected chi connectivity index (χ4v) is 4.10. The van der Waals surface area contributed by atoms with Gasteiger partial charge < -0.3 is 18.7 Å². The van der Waals surface area contributed by atoms with E-state index < -0.39 is 0 Å². The molecule has 0 spiro atoms. The van der Waals surface area contributed by atoms with Gasteiger partial charge in [0.2, 0.25) is 11.8 Å². The van der Waals surface area contributed by atoms with Crippen LogP contribution < -0.4 is 0 Å². The second-order valence-corrected chi connectivity index (χ2v) is 7.43. The summed E-state index contributed by atoms with van der Waals surface area (Å²) in [5.74, 6) is 2.12. The van der Waals surface area contributed by atoms with Gasteiger partial charge in [0.05, 0.1) is 24.7 Å². The van der Waals surface area contributed by atoms with E-state index in [4.69, 9.17) is 13.8 Å². The van der Waals surface area contributed by atoms with Crippen molar-refractivity contribution in [2.24, 2.45) is 5.92 Å². The van der Waals surface area contributed by atoms with Gasteiger partial charge in [0.1, 0.15) is 12.4 Å². The first-order valence-electron chi connectivity index (χ1n) is 9.30. The van der Waals surface area contributed by atoms with Crippen molar-refractivity contribution in [1.29, 1.82) is 0 Å². The summed E-state index contributed by atoms with van der Waals surface area (Å²) < 4.78 is 15.6. The molecule has 2 bridgehead atoms. The Morgan fingerprint density at radius 1 is 1.15 bits per heavy atom. The number of rotatable bonds is 6. The fourth-order valence-electron chi connectivity index (χ4n) is 4.10. The van der Waals surface area contributed by atoms with Crippen LogP contribution in [0.4, 0.5) is 0 Å². The summed E-state index contributed by atoms with van der Waals surface area (Å²) in [5, 5.41) is 7.93. The van der Waals surface area contributed by atoms with Crippen molar-refractivity contribution in [2.75, 3.05) is 20.2 Å². The lowest BCUT2D eigenvalue weighted by Crippen LogP contribution is -2.47. The van der Waals surface area contributed by atoms with Gasteiger partial charge in [-0.15, -0.1) is 0 Å². The summed E-state index contributed by atoms with van der Waals surface area (Å²) in [7, 11) is 1.60. The number of carbonyl (C=O) groups excluding carboxylic acids is 1. The van der Waals surface area contributed by atoms with Gasteiger partial charge in [-0.25, -0.2) is 0 Å². The smallest absolute Gasteiger partial charge is 0.240 e. The zero-order valence-electron chi connectivity index (χ0n) is 16.0. The van der Waals surface area contributed by atoms with Crippen LogP contribution in [0.25, 0.3) is 0 Å². The van der Waals surface area contributed by atoms with Crippen LogP contribution in [0.1, 0.15) is 41.6 Å². The number of hydrogen-bond acceptors (Lipinski definition) is 8. The maximum Gasteiger partial charge on any atom is 0.240 e. The quantitative estimate of drug-likeness (QED) is 0.748. The fraction of sp³-hybridized carbons (Fsp3) is 0.667. The Bertz CT molecular complexity index is 797. The van der Waals surface area contributed by atoms with Crippen LogP contribution in [0, 0.1) is 19.8 Å². The molecule has 2 aromatic heterocycles. The van der Waals surface area contributed by atoms with E-state index in [0.29, 0.717) is 31.4 Å². The molecule has 0 N–H and O–H groups in total. The molecule has 0 aromatic carbocycles. The Kier molecular flexibility index (Phi) is 4.96. The molecule has 0 radical (unpaired) electrons. The first kappa shape index (κ1) is 18.1. The van der Waals surface area contributed by atoms with E-state index in [1.807, 2.05) is 18.7 Å². The highest BCUT2D eigenvalue weighted by atomic mass is 16.5. The zero-order valence-corrected chi connectivity index (χ0v) is 16.0. The molecule has 3 aliphatic heterocycles. The van der Waals surface area contributed by atoms with Crippen LogP contribution in [0.3, 0.4) is 0 Å². The van der Waals surface area contributed by atoms with Gasteiger partial charge in [-0.3, -0.25) is 9.69 Å². The third-order valence-corrected chi connectivity index (χ3v) is 5.52. The zero-order chi connectivity index (χ0) is 19.0. The number of ether oxygens (including phenoxy) is 1. The number of hydrogen-bond donors (Lipinski definition) is 0. The van der Waals surface area contributed by atoms with Crippen molar-refractivity contribution in [2.45, 2.75) is 52.4 Å². The monoisotopic (exact) mass is 375 g/mol. The molecule has 2 aromatic rings. The normalized spacial score (nSPS) is 23.2. The Balaban J connectivity index is 1.48. The molecule has 1 amide bonds. The predicted molar refractivity (Wildman–Crippen MR) is 93.3 cm³/mol. The molecular weight excluding hydrogens is 350 g/mol. The van der Waals surface area contributed by atoms with Gasteiger partial charge in [0.25, 0.3) is 0 Å². The Morgan fingerprint density at radius 3 is 2.74 bits per heavy atom. The number of piperidine rings is 1. The minimum absolute atomic E-state index is 0.00518. The molecule has 0 aliphatic carbocycles. The minimum atomic E-state index is 0.00518. The Morgan fingerprint density at radius 2 is 2.00 bits per heavy atom. The number of carbonyl (C=O) groups is 1. The standard InChI is InChI=1S/C18H25N5O4/c1-11-15(12(2)26-20-11)8-23-14-5-4-13(18(23)24)6-22(7-14)9-17-19-16(10-25-3)21-27-17/h13-14H,4-10H2,1-3H3/t13-,14+/m1/s1. The van der Waals surface area contributed by atoms with Crippen molar-refractivity contribution in [3.05, 3.63) is 28.7 Å². The van der Waals surface area contributed by atoms with Crippen LogP contribution in [0.2, 0.25) is 0 Å². The van der Waals surface area contributed by atoms with Crippen molar-refractivity contribution in [3.8, 4) is 0 Å². The Hall–Kier alpha value is -2.26.